The second-order valence-corrected chi connectivity index (χ2v) is 9.28. The molecule has 0 aromatic carbocycles. The maximum atomic E-state index is 14.5. The lowest BCUT2D eigenvalue weighted by Gasteiger charge is -2.37. The fourth-order valence-corrected chi connectivity index (χ4v) is 3.67. The van der Waals surface area contributed by atoms with Crippen molar-refractivity contribution in [3.63, 3.8) is 0 Å². The molecule has 0 saturated carbocycles. The fraction of sp³-hybridized carbons (Fsp3) is 0.619. The van der Waals surface area contributed by atoms with Gasteiger partial charge in [0.25, 0.3) is 5.56 Å². The van der Waals surface area contributed by atoms with Gasteiger partial charge in [-0.25, -0.2) is 14.2 Å². The van der Waals surface area contributed by atoms with E-state index in [9.17, 15) is 14.0 Å². The highest BCUT2D eigenvalue weighted by molar-refractivity contribution is 7.98. The van der Waals surface area contributed by atoms with E-state index in [1.165, 1.54) is 0 Å². The molecule has 184 valence electrons. The summed E-state index contributed by atoms with van der Waals surface area (Å²) in [6, 6.07) is -0.278. The molecule has 3 rings (SSSR count). The molecule has 1 amide bonds. The molecule has 2 aromatic heterocycles. The van der Waals surface area contributed by atoms with Gasteiger partial charge in [-0.3, -0.25) is 4.79 Å². The third-order valence-electron chi connectivity index (χ3n) is 4.61. The molecule has 0 bridgehead atoms. The van der Waals surface area contributed by atoms with Crippen molar-refractivity contribution in [2.24, 2.45) is 0 Å². The molecule has 2 atom stereocenters. The van der Waals surface area contributed by atoms with Crippen molar-refractivity contribution in [3.05, 3.63) is 21.3 Å². The van der Waals surface area contributed by atoms with E-state index in [-0.39, 0.29) is 28.0 Å². The maximum Gasteiger partial charge on any atom is 0.410 e. The van der Waals surface area contributed by atoms with Crippen molar-refractivity contribution in [3.8, 4) is 5.88 Å². The van der Waals surface area contributed by atoms with Crippen LogP contribution in [0.25, 0.3) is 10.9 Å². The number of pyridine rings is 1. The zero-order valence-electron chi connectivity index (χ0n) is 19.9. The zero-order valence-corrected chi connectivity index (χ0v) is 21.5. The van der Waals surface area contributed by atoms with E-state index in [2.05, 4.69) is 20.3 Å². The summed E-state index contributed by atoms with van der Waals surface area (Å²) in [5.41, 5.74) is -1.38. The number of ether oxygens (including phenoxy) is 2. The largest absolute Gasteiger partial charge is 0.472 e. The van der Waals surface area contributed by atoms with Gasteiger partial charge in [0.05, 0.1) is 6.04 Å². The van der Waals surface area contributed by atoms with Crippen molar-refractivity contribution in [1.82, 2.24) is 25.2 Å². The molecule has 0 unspecified atom stereocenters. The lowest BCUT2D eigenvalue weighted by atomic mass is 10.1. The minimum absolute atomic E-state index is 0.119. The van der Waals surface area contributed by atoms with Crippen LogP contribution < -0.4 is 15.6 Å². The Kier molecular flexibility index (Phi) is 9.33. The first kappa shape index (κ1) is 27.1. The number of nitrogens with zero attached hydrogens (tertiary/aromatic N) is 3. The first-order valence-electron chi connectivity index (χ1n) is 10.7. The number of thioether (sulfide) groups is 1. The number of aromatic nitrogens is 3. The van der Waals surface area contributed by atoms with Crippen LogP contribution in [0.3, 0.4) is 0 Å². The van der Waals surface area contributed by atoms with Crippen LogP contribution in [0.5, 0.6) is 5.88 Å². The van der Waals surface area contributed by atoms with Crippen LogP contribution in [0.4, 0.5) is 9.18 Å². The molecule has 12 heteroatoms. The molecule has 2 N–H and O–H groups in total. The number of H-pyrrole nitrogens is 1. The minimum atomic E-state index is -0.884. The average molecular weight is 504 g/mol. The molecule has 1 aliphatic heterocycles. The van der Waals surface area contributed by atoms with E-state index in [1.807, 2.05) is 13.8 Å². The molecule has 1 saturated heterocycles. The highest BCUT2D eigenvalue weighted by Gasteiger charge is 2.31. The van der Waals surface area contributed by atoms with Crippen molar-refractivity contribution < 1.29 is 18.7 Å². The Morgan fingerprint density at radius 1 is 1.33 bits per heavy atom. The highest BCUT2D eigenvalue weighted by Crippen LogP contribution is 2.28. The van der Waals surface area contributed by atoms with Crippen molar-refractivity contribution in [2.45, 2.75) is 64.4 Å². The Bertz CT molecular complexity index is 1050. The predicted molar refractivity (Wildman–Crippen MR) is 128 cm³/mol. The van der Waals surface area contributed by atoms with Gasteiger partial charge in [0.2, 0.25) is 5.88 Å². The van der Waals surface area contributed by atoms with Gasteiger partial charge in [0.15, 0.2) is 16.1 Å². The van der Waals surface area contributed by atoms with Gasteiger partial charge in [0.1, 0.15) is 22.6 Å². The summed E-state index contributed by atoms with van der Waals surface area (Å²) in [6.45, 7) is 12.5. The van der Waals surface area contributed by atoms with Gasteiger partial charge < -0.3 is 24.7 Å². The number of amides is 1. The number of halogens is 2. The number of fused-ring (bicyclic) bond motifs is 1. The third-order valence-corrected chi connectivity index (χ3v) is 5.45. The summed E-state index contributed by atoms with van der Waals surface area (Å²) in [5, 5.41) is 2.97. The molecule has 2 aromatic rings. The number of hydrogen-bond acceptors (Lipinski definition) is 8. The number of carbonyl (C=O) groups is 1. The number of rotatable bonds is 4. The molecule has 1 fully saturated rings. The second kappa shape index (κ2) is 11.3. The quantitative estimate of drug-likeness (QED) is 0.368. The molecule has 33 heavy (non-hydrogen) atoms. The molecular formula is C21H31ClFN5O4S. The number of piperazine rings is 1. The number of nitrogens with one attached hydrogen (secondary N) is 2. The van der Waals surface area contributed by atoms with Crippen LogP contribution in [-0.4, -0.2) is 69.6 Å². The van der Waals surface area contributed by atoms with E-state index in [0.717, 1.165) is 11.8 Å². The Hall–Kier alpha value is -2.11. The van der Waals surface area contributed by atoms with Gasteiger partial charge in [0, 0.05) is 19.6 Å². The second-order valence-electron chi connectivity index (χ2n) is 8.13. The van der Waals surface area contributed by atoms with E-state index in [1.54, 1.807) is 38.9 Å². The topological polar surface area (TPSA) is 109 Å². The van der Waals surface area contributed by atoms with E-state index in [0.29, 0.717) is 19.6 Å². The van der Waals surface area contributed by atoms with Crippen LogP contribution in [-0.2, 0) is 4.74 Å². The van der Waals surface area contributed by atoms with E-state index < -0.39 is 34.3 Å². The molecule has 1 aliphatic rings. The lowest BCUT2D eigenvalue weighted by Crippen LogP contribution is -2.58. The van der Waals surface area contributed by atoms with Crippen LogP contribution in [0, 0.1) is 5.82 Å². The molecule has 9 nitrogen and oxygen atoms in total. The van der Waals surface area contributed by atoms with Gasteiger partial charge in [-0.05, 0) is 34.0 Å². The highest BCUT2D eigenvalue weighted by atomic mass is 35.5. The molecular weight excluding hydrogens is 473 g/mol. The summed E-state index contributed by atoms with van der Waals surface area (Å²) < 4.78 is 25.9. The fourth-order valence-electron chi connectivity index (χ4n) is 3.13. The first-order chi connectivity index (χ1) is 15.5. The van der Waals surface area contributed by atoms with Gasteiger partial charge in [-0.15, -0.1) is 0 Å². The summed E-state index contributed by atoms with van der Waals surface area (Å²) in [5.74, 6) is -1.00. The van der Waals surface area contributed by atoms with Crippen LogP contribution in [0.1, 0.15) is 41.5 Å². The standard InChI is InChI=1S/C19H25ClFN5O4S.C2H6/c1-9(10-8-26(7-6-22-10)18(28)30-19(2,3)4)29-16-11-13(12(21)14(20)24-16)23-17(31-5)25-15(11)27;1-2/h9-10,22H,6-8H2,1-5H3,(H,23,25,27);1-2H3/t9-,10-;/m0./s1. The summed E-state index contributed by atoms with van der Waals surface area (Å²) >= 11 is 7.09. The Morgan fingerprint density at radius 3 is 2.61 bits per heavy atom. The molecule has 3 heterocycles. The average Bonchev–Trinajstić information content (AvgIpc) is 2.77. The van der Waals surface area contributed by atoms with Crippen LogP contribution in [0.2, 0.25) is 5.15 Å². The summed E-state index contributed by atoms with van der Waals surface area (Å²) in [7, 11) is 0. The van der Waals surface area contributed by atoms with Crippen molar-refractivity contribution in [1.29, 1.82) is 0 Å². The van der Waals surface area contributed by atoms with Crippen LogP contribution in [0.15, 0.2) is 9.95 Å². The predicted octanol–water partition coefficient (Wildman–Crippen LogP) is 3.83. The Labute approximate surface area is 201 Å². The number of hydrogen-bond donors (Lipinski definition) is 2. The van der Waals surface area contributed by atoms with E-state index >= 15 is 0 Å². The zero-order chi connectivity index (χ0) is 24.9. The molecule has 0 spiro atoms. The molecule has 0 radical (unpaired) electrons. The smallest absolute Gasteiger partial charge is 0.410 e. The Morgan fingerprint density at radius 2 is 2.00 bits per heavy atom. The summed E-state index contributed by atoms with van der Waals surface area (Å²) in [4.78, 5) is 37.1. The normalized spacial score (nSPS) is 17.2. The SMILES string of the molecule is CC.CSc1nc2c(F)c(Cl)nc(O[C@@H](C)[C@@H]3CN(C(=O)OC(C)(C)C)CCN3)c2c(=O)[nH]1. The van der Waals surface area contributed by atoms with E-state index in [4.69, 9.17) is 21.1 Å². The van der Waals surface area contributed by atoms with Gasteiger partial charge >= 0.3 is 6.09 Å². The van der Waals surface area contributed by atoms with Crippen molar-refractivity contribution in [2.75, 3.05) is 25.9 Å². The Balaban J connectivity index is 0.00000187. The molecule has 0 aliphatic carbocycles. The number of carbonyl (C=O) groups excluding carboxylic acids is 1. The maximum absolute atomic E-state index is 14.5. The monoisotopic (exact) mass is 503 g/mol. The van der Waals surface area contributed by atoms with Crippen LogP contribution >= 0.6 is 23.4 Å². The first-order valence-corrected chi connectivity index (χ1v) is 12.3. The minimum Gasteiger partial charge on any atom is -0.472 e. The lowest BCUT2D eigenvalue weighted by molar-refractivity contribution is 0.0141. The third kappa shape index (κ3) is 6.70. The van der Waals surface area contributed by atoms with Gasteiger partial charge in [-0.1, -0.05) is 37.2 Å². The van der Waals surface area contributed by atoms with Crippen molar-refractivity contribution >= 4 is 40.4 Å². The number of aromatic amines is 1. The summed E-state index contributed by atoms with van der Waals surface area (Å²) in [6.07, 6.45) is 0.766. The van der Waals surface area contributed by atoms with Gasteiger partial charge in [-0.2, -0.15) is 4.98 Å².